The van der Waals surface area contributed by atoms with Gasteiger partial charge in [-0.15, -0.1) is 0 Å². The van der Waals surface area contributed by atoms with E-state index in [1.807, 2.05) is 10.6 Å². The molecule has 1 aromatic heterocycles. The zero-order valence-corrected chi connectivity index (χ0v) is 8.28. The van der Waals surface area contributed by atoms with E-state index in [1.54, 1.807) is 6.07 Å². The zero-order valence-electron chi connectivity index (χ0n) is 8.28. The highest BCUT2D eigenvalue weighted by Crippen LogP contribution is 2.31. The lowest BCUT2D eigenvalue weighted by Crippen LogP contribution is -2.14. The molecule has 2 nitrogen and oxygen atoms in total. The van der Waals surface area contributed by atoms with E-state index in [-0.39, 0.29) is 5.82 Å². The molecule has 1 unspecified atom stereocenters. The summed E-state index contributed by atoms with van der Waals surface area (Å²) in [5, 5.41) is 10.8. The molecule has 0 amide bonds. The molecule has 2 aromatic rings. The summed E-state index contributed by atoms with van der Waals surface area (Å²) < 4.78 is 15.1. The Morgan fingerprint density at radius 1 is 1.33 bits per heavy atom. The first-order chi connectivity index (χ1) is 7.25. The Bertz CT molecular complexity index is 518. The van der Waals surface area contributed by atoms with Crippen LogP contribution in [0.5, 0.6) is 0 Å². The Hall–Kier alpha value is -1.35. The molecule has 0 spiro atoms. The number of benzene rings is 1. The van der Waals surface area contributed by atoms with Crippen molar-refractivity contribution in [2.24, 2.45) is 0 Å². The third-order valence-corrected chi connectivity index (χ3v) is 3.10. The molecule has 0 saturated carbocycles. The summed E-state index contributed by atoms with van der Waals surface area (Å²) in [5.41, 5.74) is 1.81. The summed E-state index contributed by atoms with van der Waals surface area (Å²) in [6.07, 6.45) is 1.36. The molecular formula is C12H12FNO. The molecule has 78 valence electrons. The van der Waals surface area contributed by atoms with E-state index in [4.69, 9.17) is 0 Å². The first kappa shape index (κ1) is 8.92. The minimum Gasteiger partial charge on any atom is -0.387 e. The van der Waals surface area contributed by atoms with E-state index in [9.17, 15) is 9.50 Å². The maximum absolute atomic E-state index is 13.1. The molecule has 0 fully saturated rings. The lowest BCUT2D eigenvalue weighted by molar-refractivity contribution is 0.140. The third kappa shape index (κ3) is 1.27. The van der Waals surface area contributed by atoms with E-state index in [1.165, 1.54) is 12.1 Å². The summed E-state index contributed by atoms with van der Waals surface area (Å²) in [4.78, 5) is 0. The zero-order chi connectivity index (χ0) is 10.4. The average molecular weight is 205 g/mol. The lowest BCUT2D eigenvalue weighted by atomic mass is 10.1. The minimum atomic E-state index is -0.394. The van der Waals surface area contributed by atoms with Crippen molar-refractivity contribution in [2.45, 2.75) is 25.5 Å². The van der Waals surface area contributed by atoms with Crippen LogP contribution in [0.3, 0.4) is 0 Å². The molecule has 15 heavy (non-hydrogen) atoms. The van der Waals surface area contributed by atoms with Gasteiger partial charge in [0.2, 0.25) is 0 Å². The summed E-state index contributed by atoms with van der Waals surface area (Å²) in [6.45, 7) is 0.874. The smallest absolute Gasteiger partial charge is 0.125 e. The number of hydrogen-bond acceptors (Lipinski definition) is 1. The maximum atomic E-state index is 13.1. The van der Waals surface area contributed by atoms with Crippen LogP contribution in [0.4, 0.5) is 4.39 Å². The topological polar surface area (TPSA) is 25.2 Å². The van der Waals surface area contributed by atoms with E-state index in [0.29, 0.717) is 0 Å². The standard InChI is InChI=1S/C12H12FNO/c13-9-4-3-8-6-11-12(15)2-1-5-14(11)10(8)7-9/h3-4,6-7,12,15H,1-2,5H2. The van der Waals surface area contributed by atoms with Crippen molar-refractivity contribution in [1.29, 1.82) is 0 Å². The van der Waals surface area contributed by atoms with Gasteiger partial charge in [0.1, 0.15) is 5.82 Å². The summed E-state index contributed by atoms with van der Waals surface area (Å²) in [5.74, 6) is -0.219. The van der Waals surface area contributed by atoms with Gasteiger partial charge in [-0.05, 0) is 37.1 Å². The predicted octanol–water partition coefficient (Wildman–Crippen LogP) is 2.61. The maximum Gasteiger partial charge on any atom is 0.125 e. The van der Waals surface area contributed by atoms with Crippen molar-refractivity contribution < 1.29 is 9.50 Å². The summed E-state index contributed by atoms with van der Waals surface area (Å²) >= 11 is 0. The molecule has 1 aliphatic rings. The van der Waals surface area contributed by atoms with Crippen LogP contribution in [0.15, 0.2) is 24.3 Å². The molecule has 1 aromatic carbocycles. The number of aliphatic hydroxyl groups is 1. The SMILES string of the molecule is OC1CCCn2c1cc1ccc(F)cc12. The van der Waals surface area contributed by atoms with Crippen molar-refractivity contribution in [3.63, 3.8) is 0 Å². The van der Waals surface area contributed by atoms with Gasteiger partial charge in [0.25, 0.3) is 0 Å². The molecular weight excluding hydrogens is 193 g/mol. The predicted molar refractivity (Wildman–Crippen MR) is 56.1 cm³/mol. The van der Waals surface area contributed by atoms with Crippen LogP contribution in [-0.4, -0.2) is 9.67 Å². The van der Waals surface area contributed by atoms with Crippen molar-refractivity contribution in [3.05, 3.63) is 35.8 Å². The number of halogens is 1. The van der Waals surface area contributed by atoms with Gasteiger partial charge in [0, 0.05) is 17.6 Å². The fourth-order valence-electron chi connectivity index (χ4n) is 2.37. The number of fused-ring (bicyclic) bond motifs is 3. The number of aliphatic hydroxyl groups excluding tert-OH is 1. The van der Waals surface area contributed by atoms with E-state index in [0.717, 1.165) is 36.0 Å². The molecule has 0 bridgehead atoms. The van der Waals surface area contributed by atoms with Gasteiger partial charge in [-0.25, -0.2) is 4.39 Å². The van der Waals surface area contributed by atoms with Gasteiger partial charge in [-0.3, -0.25) is 0 Å². The minimum absolute atomic E-state index is 0.219. The Morgan fingerprint density at radius 3 is 3.07 bits per heavy atom. The first-order valence-corrected chi connectivity index (χ1v) is 5.22. The average Bonchev–Trinajstić information content (AvgIpc) is 2.58. The van der Waals surface area contributed by atoms with Gasteiger partial charge in [-0.1, -0.05) is 0 Å². The van der Waals surface area contributed by atoms with E-state index < -0.39 is 6.10 Å². The number of nitrogens with zero attached hydrogens (tertiary/aromatic N) is 1. The van der Waals surface area contributed by atoms with Crippen LogP contribution in [0, 0.1) is 5.82 Å². The van der Waals surface area contributed by atoms with Crippen molar-refractivity contribution in [2.75, 3.05) is 0 Å². The van der Waals surface area contributed by atoms with Crippen LogP contribution in [0.1, 0.15) is 24.6 Å². The Labute approximate surface area is 86.9 Å². The molecule has 0 radical (unpaired) electrons. The van der Waals surface area contributed by atoms with E-state index >= 15 is 0 Å². The molecule has 3 heteroatoms. The highest BCUT2D eigenvalue weighted by Gasteiger charge is 2.20. The molecule has 2 heterocycles. The fourth-order valence-corrected chi connectivity index (χ4v) is 2.37. The van der Waals surface area contributed by atoms with Crippen LogP contribution in [0.2, 0.25) is 0 Å². The Balaban J connectivity index is 2.31. The largest absolute Gasteiger partial charge is 0.387 e. The highest BCUT2D eigenvalue weighted by molar-refractivity contribution is 5.81. The van der Waals surface area contributed by atoms with Gasteiger partial charge < -0.3 is 9.67 Å². The molecule has 3 rings (SSSR count). The second kappa shape index (κ2) is 3.07. The molecule has 0 aliphatic carbocycles. The Kier molecular flexibility index (Phi) is 1.83. The van der Waals surface area contributed by atoms with Gasteiger partial charge in [-0.2, -0.15) is 0 Å². The van der Waals surface area contributed by atoms with E-state index in [2.05, 4.69) is 0 Å². The highest BCUT2D eigenvalue weighted by atomic mass is 19.1. The fraction of sp³-hybridized carbons (Fsp3) is 0.333. The quantitative estimate of drug-likeness (QED) is 0.702. The van der Waals surface area contributed by atoms with Crippen LogP contribution < -0.4 is 0 Å². The molecule has 0 saturated heterocycles. The molecule has 1 N–H and O–H groups in total. The lowest BCUT2D eigenvalue weighted by Gasteiger charge is -2.20. The second-order valence-corrected chi connectivity index (χ2v) is 4.08. The first-order valence-electron chi connectivity index (χ1n) is 5.22. The van der Waals surface area contributed by atoms with Crippen LogP contribution in [0.25, 0.3) is 10.9 Å². The molecule has 1 atom stereocenters. The number of aromatic nitrogens is 1. The second-order valence-electron chi connectivity index (χ2n) is 4.08. The van der Waals surface area contributed by atoms with Gasteiger partial charge >= 0.3 is 0 Å². The van der Waals surface area contributed by atoms with Crippen molar-refractivity contribution in [1.82, 2.24) is 4.57 Å². The van der Waals surface area contributed by atoms with Crippen molar-refractivity contribution >= 4 is 10.9 Å². The van der Waals surface area contributed by atoms with Crippen molar-refractivity contribution in [3.8, 4) is 0 Å². The normalized spacial score (nSPS) is 20.5. The number of rotatable bonds is 0. The monoisotopic (exact) mass is 205 g/mol. The van der Waals surface area contributed by atoms with Gasteiger partial charge in [0.05, 0.1) is 11.6 Å². The summed E-state index contributed by atoms with van der Waals surface area (Å²) in [6, 6.07) is 6.72. The molecule has 1 aliphatic heterocycles. The Morgan fingerprint density at radius 2 is 2.20 bits per heavy atom. The van der Waals surface area contributed by atoms with Gasteiger partial charge in [0.15, 0.2) is 0 Å². The van der Waals surface area contributed by atoms with Crippen LogP contribution in [-0.2, 0) is 6.54 Å². The number of aryl methyl sites for hydroxylation is 1. The summed E-state index contributed by atoms with van der Waals surface area (Å²) in [7, 11) is 0. The number of hydrogen-bond donors (Lipinski definition) is 1. The van der Waals surface area contributed by atoms with Crippen LogP contribution >= 0.6 is 0 Å². The third-order valence-electron chi connectivity index (χ3n) is 3.10.